The van der Waals surface area contributed by atoms with Crippen LogP contribution in [-0.2, 0) is 9.53 Å². The van der Waals surface area contributed by atoms with Crippen molar-refractivity contribution in [3.63, 3.8) is 0 Å². The summed E-state index contributed by atoms with van der Waals surface area (Å²) in [4.78, 5) is 20.7. The van der Waals surface area contributed by atoms with E-state index in [4.69, 9.17) is 11.5 Å². The normalized spacial score (nSPS) is 13.4. The zero-order valence-corrected chi connectivity index (χ0v) is 8.23. The van der Waals surface area contributed by atoms with Gasteiger partial charge in [-0.1, -0.05) is 19.4 Å². The second kappa shape index (κ2) is 6.94. The van der Waals surface area contributed by atoms with Gasteiger partial charge in [-0.3, -0.25) is 0 Å². The van der Waals surface area contributed by atoms with E-state index in [9.17, 15) is 9.59 Å². The fraction of sp³-hybridized carbons (Fsp3) is 0.556. The van der Waals surface area contributed by atoms with Crippen LogP contribution in [0, 0.1) is 0 Å². The highest BCUT2D eigenvalue weighted by atomic mass is 16.6. The molecule has 14 heavy (non-hydrogen) atoms. The zero-order chi connectivity index (χ0) is 11.0. The minimum absolute atomic E-state index is 0.0367. The van der Waals surface area contributed by atoms with Crippen LogP contribution in [0.4, 0.5) is 4.79 Å². The van der Waals surface area contributed by atoms with Gasteiger partial charge in [0.25, 0.3) is 0 Å². The molecular formula is C9H16N2O3. The van der Waals surface area contributed by atoms with Gasteiger partial charge in [0, 0.05) is 12.1 Å². The molecule has 0 rings (SSSR count). The molecule has 1 unspecified atom stereocenters. The predicted molar refractivity (Wildman–Crippen MR) is 52.3 cm³/mol. The van der Waals surface area contributed by atoms with E-state index in [1.807, 2.05) is 6.92 Å². The quantitative estimate of drug-likeness (QED) is 0.616. The Bertz CT molecular complexity index is 226. The Morgan fingerprint density at radius 3 is 2.57 bits per heavy atom. The van der Waals surface area contributed by atoms with Crippen molar-refractivity contribution in [1.82, 2.24) is 0 Å². The van der Waals surface area contributed by atoms with Crippen LogP contribution in [0.3, 0.4) is 0 Å². The summed E-state index contributed by atoms with van der Waals surface area (Å²) >= 11 is 0. The number of hydrogen-bond acceptors (Lipinski definition) is 4. The smallest absolute Gasteiger partial charge is 0.405 e. The molecule has 0 spiro atoms. The van der Waals surface area contributed by atoms with Crippen molar-refractivity contribution in [3.8, 4) is 0 Å². The van der Waals surface area contributed by atoms with Crippen molar-refractivity contribution < 1.29 is 14.3 Å². The summed E-state index contributed by atoms with van der Waals surface area (Å²) < 4.78 is 4.66. The van der Waals surface area contributed by atoms with Crippen LogP contribution >= 0.6 is 0 Å². The van der Waals surface area contributed by atoms with E-state index in [-0.39, 0.29) is 6.42 Å². The lowest BCUT2D eigenvalue weighted by molar-refractivity contribution is -0.109. The van der Waals surface area contributed by atoms with Crippen molar-refractivity contribution in [2.45, 2.75) is 32.3 Å². The van der Waals surface area contributed by atoms with Gasteiger partial charge in [0.2, 0.25) is 0 Å². The molecule has 0 heterocycles. The number of unbranched alkanes of at least 4 members (excludes halogenated alkanes) is 1. The molecule has 1 amide bonds. The van der Waals surface area contributed by atoms with Crippen LogP contribution in [-0.4, -0.2) is 18.5 Å². The molecular weight excluding hydrogens is 184 g/mol. The predicted octanol–water partition coefficient (Wildman–Crippen LogP) is 0.682. The molecule has 5 nitrogen and oxygen atoms in total. The molecule has 0 aromatic rings. The number of ether oxygens (including phenoxy) is 1. The lowest BCUT2D eigenvalue weighted by Gasteiger charge is -2.14. The Morgan fingerprint density at radius 1 is 1.50 bits per heavy atom. The molecule has 4 N–H and O–H groups in total. The molecule has 0 saturated heterocycles. The van der Waals surface area contributed by atoms with Gasteiger partial charge in [-0.2, -0.15) is 0 Å². The molecule has 1 atom stereocenters. The summed E-state index contributed by atoms with van der Waals surface area (Å²) in [7, 11) is 0. The van der Waals surface area contributed by atoms with E-state index < -0.39 is 12.2 Å². The van der Waals surface area contributed by atoms with Gasteiger partial charge < -0.3 is 21.0 Å². The maximum atomic E-state index is 10.5. The number of nitrogens with two attached hydrogens (primary N) is 2. The molecule has 0 aliphatic carbocycles. The van der Waals surface area contributed by atoms with E-state index in [1.165, 1.54) is 0 Å². The number of carbonyl (C=O) groups is 2. The molecule has 5 heteroatoms. The minimum Gasteiger partial charge on any atom is -0.440 e. The first-order valence-corrected chi connectivity index (χ1v) is 4.47. The van der Waals surface area contributed by atoms with Gasteiger partial charge in [0.05, 0.1) is 0 Å². The molecule has 0 fully saturated rings. The topological polar surface area (TPSA) is 95.4 Å². The number of rotatable bonds is 6. The number of carbonyl (C=O) groups excluding carboxylic acids is 2. The monoisotopic (exact) mass is 200 g/mol. The van der Waals surface area contributed by atoms with Crippen molar-refractivity contribution in [2.75, 3.05) is 0 Å². The van der Waals surface area contributed by atoms with E-state index in [1.54, 1.807) is 6.08 Å². The zero-order valence-electron chi connectivity index (χ0n) is 8.23. The highest BCUT2D eigenvalue weighted by Crippen LogP contribution is 2.06. The summed E-state index contributed by atoms with van der Waals surface area (Å²) in [6, 6.07) is 0. The third kappa shape index (κ3) is 5.18. The molecule has 0 aromatic carbocycles. The Kier molecular flexibility index (Phi) is 6.19. The third-order valence-corrected chi connectivity index (χ3v) is 1.61. The van der Waals surface area contributed by atoms with E-state index in [0.29, 0.717) is 12.0 Å². The van der Waals surface area contributed by atoms with Crippen LogP contribution in [0.1, 0.15) is 26.2 Å². The molecule has 80 valence electrons. The van der Waals surface area contributed by atoms with Crippen LogP contribution in [0.25, 0.3) is 0 Å². The number of primary amides is 1. The van der Waals surface area contributed by atoms with E-state index >= 15 is 0 Å². The summed E-state index contributed by atoms with van der Waals surface area (Å²) in [6.07, 6.45) is 2.47. The first-order chi connectivity index (χ1) is 6.61. The highest BCUT2D eigenvalue weighted by molar-refractivity contribution is 5.65. The maximum absolute atomic E-state index is 10.5. The summed E-state index contributed by atoms with van der Waals surface area (Å²) in [5.74, 6) is 0. The maximum Gasteiger partial charge on any atom is 0.405 e. The summed E-state index contributed by atoms with van der Waals surface area (Å²) in [6.45, 7) is 1.99. The van der Waals surface area contributed by atoms with Crippen LogP contribution in [0.5, 0.6) is 0 Å². The standard InChI is InChI=1S/C9H16N2O3/c1-2-3-4-7(10)8(5-6-12)14-9(11)13/h4,6,8H,2-3,5,10H2,1H3,(H2,11,13). The van der Waals surface area contributed by atoms with E-state index in [2.05, 4.69) is 4.74 Å². The molecule has 0 saturated carbocycles. The van der Waals surface area contributed by atoms with Gasteiger partial charge >= 0.3 is 6.09 Å². The largest absolute Gasteiger partial charge is 0.440 e. The Labute approximate surface area is 83.1 Å². The van der Waals surface area contributed by atoms with Crippen molar-refractivity contribution in [2.24, 2.45) is 11.5 Å². The van der Waals surface area contributed by atoms with E-state index in [0.717, 1.165) is 12.8 Å². The number of allylic oxidation sites excluding steroid dienone is 1. The van der Waals surface area contributed by atoms with Crippen molar-refractivity contribution >= 4 is 12.4 Å². The second-order valence-corrected chi connectivity index (χ2v) is 2.82. The average Bonchev–Trinajstić information content (AvgIpc) is 2.13. The number of hydrogen-bond donors (Lipinski definition) is 2. The van der Waals surface area contributed by atoms with Gasteiger partial charge in [-0.05, 0) is 6.42 Å². The minimum atomic E-state index is -0.926. The number of aldehydes is 1. The molecule has 0 radical (unpaired) electrons. The SMILES string of the molecule is CCCC=C(N)C(CC=O)OC(N)=O. The molecule has 0 bridgehead atoms. The first kappa shape index (κ1) is 12.5. The average molecular weight is 200 g/mol. The molecule has 0 aromatic heterocycles. The molecule has 0 aliphatic heterocycles. The van der Waals surface area contributed by atoms with Crippen molar-refractivity contribution in [1.29, 1.82) is 0 Å². The second-order valence-electron chi connectivity index (χ2n) is 2.82. The fourth-order valence-electron chi connectivity index (χ4n) is 0.922. The third-order valence-electron chi connectivity index (χ3n) is 1.61. The Morgan fingerprint density at radius 2 is 2.14 bits per heavy atom. The number of amides is 1. The summed E-state index contributed by atoms with van der Waals surface area (Å²) in [5.41, 5.74) is 10.8. The highest BCUT2D eigenvalue weighted by Gasteiger charge is 2.14. The van der Waals surface area contributed by atoms with Crippen LogP contribution in [0.2, 0.25) is 0 Å². The van der Waals surface area contributed by atoms with Gasteiger partial charge in [0.1, 0.15) is 12.4 Å². The van der Waals surface area contributed by atoms with Gasteiger partial charge in [-0.25, -0.2) is 4.79 Å². The fourth-order valence-corrected chi connectivity index (χ4v) is 0.922. The van der Waals surface area contributed by atoms with Gasteiger partial charge in [0.15, 0.2) is 0 Å². The van der Waals surface area contributed by atoms with Crippen LogP contribution < -0.4 is 11.5 Å². The Hall–Kier alpha value is -1.52. The molecule has 0 aliphatic rings. The van der Waals surface area contributed by atoms with Crippen LogP contribution in [0.15, 0.2) is 11.8 Å². The first-order valence-electron chi connectivity index (χ1n) is 4.47. The lowest BCUT2D eigenvalue weighted by atomic mass is 10.1. The van der Waals surface area contributed by atoms with Crippen molar-refractivity contribution in [3.05, 3.63) is 11.8 Å². The lowest BCUT2D eigenvalue weighted by Crippen LogP contribution is -2.28. The van der Waals surface area contributed by atoms with Gasteiger partial charge in [-0.15, -0.1) is 0 Å². The summed E-state index contributed by atoms with van der Waals surface area (Å²) in [5, 5.41) is 0. The Balaban J connectivity index is 4.30.